The lowest BCUT2D eigenvalue weighted by Crippen LogP contribution is -2.21. The molecule has 114 valence electrons. The lowest BCUT2D eigenvalue weighted by Gasteiger charge is -2.14. The molecule has 1 aliphatic heterocycles. The standard InChI is InChI=1S/C18H26N2O/c1-3-16(19)10-14-5-6-15-8-9-20(18(15)11-14)12-17-7-4-13(2)21-17/h5-6,8-9,11,13,16-17H,3-4,7,10,12,19H2,1-2H3. The summed E-state index contributed by atoms with van der Waals surface area (Å²) in [5, 5.41) is 1.30. The van der Waals surface area contributed by atoms with E-state index in [4.69, 9.17) is 10.5 Å². The first-order valence-electron chi connectivity index (χ1n) is 8.14. The lowest BCUT2D eigenvalue weighted by atomic mass is 10.0. The molecule has 3 atom stereocenters. The molecule has 2 aromatic rings. The molecule has 3 rings (SSSR count). The number of aromatic nitrogens is 1. The third-order valence-electron chi connectivity index (χ3n) is 4.58. The number of ether oxygens (including phenoxy) is 1. The van der Waals surface area contributed by atoms with Gasteiger partial charge in [0.1, 0.15) is 0 Å². The van der Waals surface area contributed by atoms with Gasteiger partial charge in [-0.15, -0.1) is 0 Å². The molecule has 2 N–H and O–H groups in total. The van der Waals surface area contributed by atoms with Gasteiger partial charge in [-0.1, -0.05) is 19.1 Å². The normalized spacial score (nSPS) is 23.8. The fraction of sp³-hybridized carbons (Fsp3) is 0.556. The Hall–Kier alpha value is -1.32. The highest BCUT2D eigenvalue weighted by Crippen LogP contribution is 2.24. The highest BCUT2D eigenvalue weighted by Gasteiger charge is 2.22. The number of nitrogens with zero attached hydrogens (tertiary/aromatic N) is 1. The van der Waals surface area contributed by atoms with E-state index in [1.165, 1.54) is 29.3 Å². The quantitative estimate of drug-likeness (QED) is 0.914. The van der Waals surface area contributed by atoms with Gasteiger partial charge in [-0.3, -0.25) is 0 Å². The first-order valence-corrected chi connectivity index (χ1v) is 8.14. The van der Waals surface area contributed by atoms with Crippen molar-refractivity contribution in [3.63, 3.8) is 0 Å². The van der Waals surface area contributed by atoms with E-state index in [9.17, 15) is 0 Å². The monoisotopic (exact) mass is 286 g/mol. The van der Waals surface area contributed by atoms with E-state index in [0.29, 0.717) is 12.2 Å². The van der Waals surface area contributed by atoms with Crippen molar-refractivity contribution >= 4 is 10.9 Å². The van der Waals surface area contributed by atoms with Crippen LogP contribution in [0.15, 0.2) is 30.5 Å². The summed E-state index contributed by atoms with van der Waals surface area (Å²) in [4.78, 5) is 0. The van der Waals surface area contributed by atoms with Gasteiger partial charge in [-0.25, -0.2) is 0 Å². The van der Waals surface area contributed by atoms with Gasteiger partial charge in [0.15, 0.2) is 0 Å². The van der Waals surface area contributed by atoms with Gasteiger partial charge in [0.05, 0.1) is 12.2 Å². The average Bonchev–Trinajstić information content (AvgIpc) is 3.06. The molecule has 21 heavy (non-hydrogen) atoms. The van der Waals surface area contributed by atoms with Crippen LogP contribution in [-0.2, 0) is 17.7 Å². The van der Waals surface area contributed by atoms with Crippen LogP contribution >= 0.6 is 0 Å². The maximum atomic E-state index is 6.08. The molecular weight excluding hydrogens is 260 g/mol. The van der Waals surface area contributed by atoms with Gasteiger partial charge in [-0.05, 0) is 55.7 Å². The smallest absolute Gasteiger partial charge is 0.0758 e. The maximum Gasteiger partial charge on any atom is 0.0758 e. The predicted octanol–water partition coefficient (Wildman–Crippen LogP) is 3.49. The summed E-state index contributed by atoms with van der Waals surface area (Å²) in [6.45, 7) is 5.26. The number of fused-ring (bicyclic) bond motifs is 1. The number of benzene rings is 1. The molecule has 2 heterocycles. The average molecular weight is 286 g/mol. The van der Waals surface area contributed by atoms with Crippen LogP contribution < -0.4 is 5.73 Å². The van der Waals surface area contributed by atoms with Crippen LogP contribution in [0.5, 0.6) is 0 Å². The molecule has 3 nitrogen and oxygen atoms in total. The Kier molecular flexibility index (Phi) is 4.32. The van der Waals surface area contributed by atoms with E-state index < -0.39 is 0 Å². The molecule has 0 aliphatic carbocycles. The van der Waals surface area contributed by atoms with Crippen LogP contribution in [0, 0.1) is 0 Å². The Bertz CT molecular complexity index is 604. The molecule has 1 aliphatic rings. The topological polar surface area (TPSA) is 40.2 Å². The number of hydrogen-bond acceptors (Lipinski definition) is 2. The number of nitrogens with two attached hydrogens (primary N) is 1. The van der Waals surface area contributed by atoms with E-state index in [-0.39, 0.29) is 6.04 Å². The summed E-state index contributed by atoms with van der Waals surface area (Å²) < 4.78 is 8.29. The van der Waals surface area contributed by atoms with Crippen molar-refractivity contribution in [2.75, 3.05) is 0 Å². The second-order valence-electron chi connectivity index (χ2n) is 6.38. The van der Waals surface area contributed by atoms with Crippen LogP contribution in [0.25, 0.3) is 10.9 Å². The fourth-order valence-electron chi connectivity index (χ4n) is 3.20. The summed E-state index contributed by atoms with van der Waals surface area (Å²) in [5.41, 5.74) is 8.72. The van der Waals surface area contributed by atoms with Crippen LogP contribution in [0.2, 0.25) is 0 Å². The number of rotatable bonds is 5. The van der Waals surface area contributed by atoms with Gasteiger partial charge in [0.2, 0.25) is 0 Å². The molecule has 0 spiro atoms. The van der Waals surface area contributed by atoms with Gasteiger partial charge in [-0.2, -0.15) is 0 Å². The Morgan fingerprint density at radius 2 is 2.19 bits per heavy atom. The van der Waals surface area contributed by atoms with E-state index >= 15 is 0 Å². The maximum absolute atomic E-state index is 6.08. The molecule has 3 unspecified atom stereocenters. The summed E-state index contributed by atoms with van der Waals surface area (Å²) >= 11 is 0. The zero-order valence-electron chi connectivity index (χ0n) is 13.1. The molecule has 0 amide bonds. The van der Waals surface area contributed by atoms with Crippen molar-refractivity contribution in [2.24, 2.45) is 5.73 Å². The summed E-state index contributed by atoms with van der Waals surface area (Å²) in [7, 11) is 0. The summed E-state index contributed by atoms with van der Waals surface area (Å²) in [6.07, 6.45) is 7.27. The van der Waals surface area contributed by atoms with E-state index in [1.54, 1.807) is 0 Å². The SMILES string of the molecule is CCC(N)Cc1ccc2ccn(CC3CCC(C)O3)c2c1. The summed E-state index contributed by atoms with van der Waals surface area (Å²) in [5.74, 6) is 0. The van der Waals surface area contributed by atoms with Crippen molar-refractivity contribution in [3.8, 4) is 0 Å². The minimum Gasteiger partial charge on any atom is -0.373 e. The molecule has 0 radical (unpaired) electrons. The number of hydrogen-bond donors (Lipinski definition) is 1. The van der Waals surface area contributed by atoms with Crippen molar-refractivity contribution in [2.45, 2.75) is 64.3 Å². The summed E-state index contributed by atoms with van der Waals surface area (Å²) in [6, 6.07) is 9.16. The lowest BCUT2D eigenvalue weighted by molar-refractivity contribution is 0.0465. The van der Waals surface area contributed by atoms with Gasteiger partial charge in [0, 0.05) is 24.3 Å². The Morgan fingerprint density at radius 3 is 2.90 bits per heavy atom. The highest BCUT2D eigenvalue weighted by atomic mass is 16.5. The van der Waals surface area contributed by atoms with Crippen molar-refractivity contribution in [1.29, 1.82) is 0 Å². The largest absolute Gasteiger partial charge is 0.373 e. The fourth-order valence-corrected chi connectivity index (χ4v) is 3.20. The second kappa shape index (κ2) is 6.20. The van der Waals surface area contributed by atoms with Crippen LogP contribution in [-0.4, -0.2) is 22.8 Å². The van der Waals surface area contributed by atoms with Gasteiger partial charge < -0.3 is 15.0 Å². The first kappa shape index (κ1) is 14.6. The van der Waals surface area contributed by atoms with Crippen molar-refractivity contribution in [1.82, 2.24) is 4.57 Å². The molecular formula is C18H26N2O. The van der Waals surface area contributed by atoms with Crippen molar-refractivity contribution in [3.05, 3.63) is 36.0 Å². The predicted molar refractivity (Wildman–Crippen MR) is 87.5 cm³/mol. The van der Waals surface area contributed by atoms with Crippen LogP contribution in [0.4, 0.5) is 0 Å². The minimum absolute atomic E-state index is 0.255. The van der Waals surface area contributed by atoms with Gasteiger partial charge in [0.25, 0.3) is 0 Å². The molecule has 3 heteroatoms. The van der Waals surface area contributed by atoms with Crippen LogP contribution in [0.3, 0.4) is 0 Å². The minimum atomic E-state index is 0.255. The molecule has 0 bridgehead atoms. The zero-order valence-corrected chi connectivity index (χ0v) is 13.1. The second-order valence-corrected chi connectivity index (χ2v) is 6.38. The molecule has 1 aromatic heterocycles. The molecule has 1 aromatic carbocycles. The van der Waals surface area contributed by atoms with E-state index in [0.717, 1.165) is 19.4 Å². The molecule has 1 saturated heterocycles. The molecule has 0 saturated carbocycles. The van der Waals surface area contributed by atoms with E-state index in [1.807, 2.05) is 0 Å². The third kappa shape index (κ3) is 3.30. The van der Waals surface area contributed by atoms with E-state index in [2.05, 4.69) is 48.9 Å². The highest BCUT2D eigenvalue weighted by molar-refractivity contribution is 5.80. The molecule has 1 fully saturated rings. The Balaban J connectivity index is 1.80. The Labute approximate surface area is 127 Å². The van der Waals surface area contributed by atoms with Crippen LogP contribution in [0.1, 0.15) is 38.7 Å². The van der Waals surface area contributed by atoms with Gasteiger partial charge >= 0.3 is 0 Å². The van der Waals surface area contributed by atoms with Crippen molar-refractivity contribution < 1.29 is 4.74 Å². The zero-order chi connectivity index (χ0) is 14.8. The Morgan fingerprint density at radius 1 is 1.33 bits per heavy atom. The first-order chi connectivity index (χ1) is 10.2. The third-order valence-corrected chi connectivity index (χ3v) is 4.58.